The van der Waals surface area contributed by atoms with Crippen LogP contribution in [0.15, 0.2) is 42.5 Å². The summed E-state index contributed by atoms with van der Waals surface area (Å²) in [6.07, 6.45) is 0. The predicted octanol–water partition coefficient (Wildman–Crippen LogP) is 3.21. The Morgan fingerprint density at radius 1 is 1.00 bits per heavy atom. The van der Waals surface area contributed by atoms with E-state index in [9.17, 15) is 21.6 Å². The van der Waals surface area contributed by atoms with Gasteiger partial charge >= 0.3 is 15.6 Å². The molecule has 0 radical (unpaired) electrons. The molecule has 0 N–H and O–H groups in total. The smallest absolute Gasteiger partial charge is 0.258 e. The van der Waals surface area contributed by atoms with E-state index in [0.29, 0.717) is 10.9 Å². The van der Waals surface area contributed by atoms with Crippen molar-refractivity contribution in [2.75, 3.05) is 0 Å². The first-order chi connectivity index (χ1) is 8.81. The number of fused-ring (bicyclic) bond motifs is 1. The van der Waals surface area contributed by atoms with Crippen LogP contribution in [-0.2, 0) is 20.9 Å². The summed E-state index contributed by atoms with van der Waals surface area (Å²) in [6, 6.07) is 11.9. The van der Waals surface area contributed by atoms with E-state index in [4.69, 9.17) is 0 Å². The Hall–Kier alpha value is -1.60. The van der Waals surface area contributed by atoms with Crippen molar-refractivity contribution in [2.45, 2.75) is 12.1 Å². The third-order valence-corrected chi connectivity index (χ3v) is 3.53. The SMILES string of the molecule is O=S(=O)(OCc1cccc2ccccc12)C(F)(F)F. The van der Waals surface area contributed by atoms with E-state index in [1.165, 1.54) is 6.07 Å². The monoisotopic (exact) mass is 290 g/mol. The minimum Gasteiger partial charge on any atom is -0.258 e. The van der Waals surface area contributed by atoms with Gasteiger partial charge in [0.25, 0.3) is 0 Å². The molecule has 0 atom stereocenters. The van der Waals surface area contributed by atoms with E-state index in [1.54, 1.807) is 36.4 Å². The molecule has 0 saturated heterocycles. The molecule has 2 aromatic rings. The quantitative estimate of drug-likeness (QED) is 0.644. The Morgan fingerprint density at radius 3 is 2.32 bits per heavy atom. The lowest BCUT2D eigenvalue weighted by Crippen LogP contribution is -2.25. The summed E-state index contributed by atoms with van der Waals surface area (Å²) < 4.78 is 62.1. The molecule has 0 saturated carbocycles. The summed E-state index contributed by atoms with van der Waals surface area (Å²) in [5, 5.41) is 1.45. The number of hydrogen-bond donors (Lipinski definition) is 0. The van der Waals surface area contributed by atoms with E-state index in [2.05, 4.69) is 4.18 Å². The molecule has 102 valence electrons. The Morgan fingerprint density at radius 2 is 1.63 bits per heavy atom. The molecule has 0 unspecified atom stereocenters. The summed E-state index contributed by atoms with van der Waals surface area (Å²) in [5.74, 6) is 0. The van der Waals surface area contributed by atoms with Gasteiger partial charge in [0.05, 0.1) is 6.61 Å². The molecule has 0 amide bonds. The number of rotatable bonds is 3. The van der Waals surface area contributed by atoms with Crippen LogP contribution in [0.2, 0.25) is 0 Å². The van der Waals surface area contributed by atoms with Gasteiger partial charge in [-0.25, -0.2) is 0 Å². The molecular weight excluding hydrogens is 281 g/mol. The van der Waals surface area contributed by atoms with Gasteiger partial charge in [-0.3, -0.25) is 4.18 Å². The van der Waals surface area contributed by atoms with Crippen molar-refractivity contribution in [3.63, 3.8) is 0 Å². The minimum atomic E-state index is -5.56. The number of alkyl halides is 3. The number of hydrogen-bond acceptors (Lipinski definition) is 3. The fourth-order valence-corrected chi connectivity index (χ4v) is 2.04. The Labute approximate surface area is 107 Å². The largest absolute Gasteiger partial charge is 0.523 e. The van der Waals surface area contributed by atoms with Crippen LogP contribution in [-0.4, -0.2) is 13.9 Å². The Bertz CT molecular complexity index is 687. The second kappa shape index (κ2) is 4.82. The summed E-state index contributed by atoms with van der Waals surface area (Å²) in [4.78, 5) is 0. The first kappa shape index (κ1) is 13.8. The van der Waals surface area contributed by atoms with Gasteiger partial charge < -0.3 is 0 Å². The van der Waals surface area contributed by atoms with E-state index < -0.39 is 22.2 Å². The highest BCUT2D eigenvalue weighted by atomic mass is 32.2. The molecule has 0 aromatic heterocycles. The van der Waals surface area contributed by atoms with E-state index in [0.717, 1.165) is 5.39 Å². The van der Waals surface area contributed by atoms with Gasteiger partial charge in [-0.1, -0.05) is 42.5 Å². The standard InChI is InChI=1S/C12H9F3O3S/c13-12(14,15)19(16,17)18-8-10-6-3-5-9-4-1-2-7-11(9)10/h1-7H,8H2. The highest BCUT2D eigenvalue weighted by Gasteiger charge is 2.47. The molecule has 0 aliphatic rings. The van der Waals surface area contributed by atoms with E-state index in [-0.39, 0.29) is 0 Å². The van der Waals surface area contributed by atoms with E-state index >= 15 is 0 Å². The third-order valence-electron chi connectivity index (χ3n) is 2.53. The zero-order valence-electron chi connectivity index (χ0n) is 9.52. The van der Waals surface area contributed by atoms with Crippen molar-refractivity contribution in [3.8, 4) is 0 Å². The number of halogens is 3. The van der Waals surface area contributed by atoms with Crippen LogP contribution >= 0.6 is 0 Å². The van der Waals surface area contributed by atoms with Crippen LogP contribution in [0.4, 0.5) is 13.2 Å². The molecule has 2 aromatic carbocycles. The van der Waals surface area contributed by atoms with Crippen molar-refractivity contribution >= 4 is 20.9 Å². The first-order valence-corrected chi connectivity index (χ1v) is 6.64. The zero-order chi connectivity index (χ0) is 14.1. The normalized spacial score (nSPS) is 12.8. The Kier molecular flexibility index (Phi) is 3.51. The van der Waals surface area contributed by atoms with Crippen LogP contribution in [0.1, 0.15) is 5.56 Å². The lowest BCUT2D eigenvalue weighted by Gasteiger charge is -2.10. The topological polar surface area (TPSA) is 43.4 Å². The highest BCUT2D eigenvalue weighted by molar-refractivity contribution is 7.87. The average molecular weight is 290 g/mol. The molecular formula is C12H9F3O3S. The van der Waals surface area contributed by atoms with Crippen LogP contribution in [0.5, 0.6) is 0 Å². The van der Waals surface area contributed by atoms with Gasteiger partial charge in [0.1, 0.15) is 0 Å². The van der Waals surface area contributed by atoms with Crippen LogP contribution in [0, 0.1) is 0 Å². The second-order valence-corrected chi connectivity index (χ2v) is 5.41. The van der Waals surface area contributed by atoms with Gasteiger partial charge in [0.2, 0.25) is 0 Å². The van der Waals surface area contributed by atoms with Crippen LogP contribution < -0.4 is 0 Å². The van der Waals surface area contributed by atoms with Crippen molar-refractivity contribution in [2.24, 2.45) is 0 Å². The van der Waals surface area contributed by atoms with Crippen LogP contribution in [0.3, 0.4) is 0 Å². The predicted molar refractivity (Wildman–Crippen MR) is 63.7 cm³/mol. The lowest BCUT2D eigenvalue weighted by atomic mass is 10.1. The zero-order valence-corrected chi connectivity index (χ0v) is 10.3. The van der Waals surface area contributed by atoms with Gasteiger partial charge in [-0.05, 0) is 16.3 Å². The summed E-state index contributed by atoms with van der Waals surface area (Å²) >= 11 is 0. The molecule has 2 rings (SSSR count). The summed E-state index contributed by atoms with van der Waals surface area (Å²) in [6.45, 7) is -0.650. The lowest BCUT2D eigenvalue weighted by molar-refractivity contribution is -0.0547. The molecule has 19 heavy (non-hydrogen) atoms. The van der Waals surface area contributed by atoms with E-state index in [1.807, 2.05) is 0 Å². The van der Waals surface area contributed by atoms with Crippen molar-refractivity contribution < 1.29 is 25.8 Å². The number of benzene rings is 2. The second-order valence-electron chi connectivity index (χ2n) is 3.80. The molecule has 0 spiro atoms. The fraction of sp³-hybridized carbons (Fsp3) is 0.167. The fourth-order valence-electron chi connectivity index (χ4n) is 1.63. The van der Waals surface area contributed by atoms with Crippen LogP contribution in [0.25, 0.3) is 10.8 Å². The molecule has 0 fully saturated rings. The first-order valence-electron chi connectivity index (χ1n) is 5.23. The molecule has 0 heterocycles. The van der Waals surface area contributed by atoms with Gasteiger partial charge in [0.15, 0.2) is 0 Å². The third kappa shape index (κ3) is 2.87. The maximum atomic E-state index is 12.1. The summed E-state index contributed by atoms with van der Waals surface area (Å²) in [5.41, 5.74) is -5.02. The molecule has 0 aliphatic carbocycles. The molecule has 0 bridgehead atoms. The van der Waals surface area contributed by atoms with Crippen molar-refractivity contribution in [1.29, 1.82) is 0 Å². The van der Waals surface area contributed by atoms with Crippen molar-refractivity contribution in [3.05, 3.63) is 48.0 Å². The van der Waals surface area contributed by atoms with Gasteiger partial charge in [-0.2, -0.15) is 21.6 Å². The maximum absolute atomic E-state index is 12.1. The van der Waals surface area contributed by atoms with Gasteiger partial charge in [-0.15, -0.1) is 0 Å². The average Bonchev–Trinajstić information content (AvgIpc) is 2.35. The maximum Gasteiger partial charge on any atom is 0.523 e. The highest BCUT2D eigenvalue weighted by Crippen LogP contribution is 2.27. The summed E-state index contributed by atoms with van der Waals surface area (Å²) in [7, 11) is -5.56. The van der Waals surface area contributed by atoms with Gasteiger partial charge in [0, 0.05) is 0 Å². The Balaban J connectivity index is 2.29. The van der Waals surface area contributed by atoms with Crippen molar-refractivity contribution in [1.82, 2.24) is 0 Å². The molecule has 0 aliphatic heterocycles. The molecule has 3 nitrogen and oxygen atoms in total. The minimum absolute atomic E-state index is 0.380. The molecule has 7 heteroatoms.